The number of fused-ring (bicyclic) bond motifs is 1. The zero-order valence-corrected chi connectivity index (χ0v) is 11.3. The van der Waals surface area contributed by atoms with Gasteiger partial charge < -0.3 is 15.3 Å². The number of hydrogen-bond acceptors (Lipinski definition) is 3. The Morgan fingerprint density at radius 2 is 1.95 bits per heavy atom. The molecule has 0 aromatic heterocycles. The summed E-state index contributed by atoms with van der Waals surface area (Å²) in [6.45, 7) is 2.21. The molecule has 2 saturated carbocycles. The molecule has 0 spiro atoms. The van der Waals surface area contributed by atoms with Crippen molar-refractivity contribution in [1.82, 2.24) is 0 Å². The predicted molar refractivity (Wildman–Crippen MR) is 73.2 cm³/mol. The average Bonchev–Trinajstić information content (AvgIpc) is 2.66. The standard InChI is InChI=1S/C16H22O3/c1-16-7-6-10(8-11(16)2-5-15(16)19)13-4-3-12(17)9-14(13)18/h3-4,9-11,15,17-19H,2,5-8H2,1H3/t10-,11-,15-,16-/m0/s1. The first-order chi connectivity index (χ1) is 9.00. The lowest BCUT2D eigenvalue weighted by molar-refractivity contribution is 0.00855. The third-order valence-electron chi connectivity index (χ3n) is 5.54. The summed E-state index contributed by atoms with van der Waals surface area (Å²) in [6.07, 6.45) is 4.90. The summed E-state index contributed by atoms with van der Waals surface area (Å²) in [7, 11) is 0. The van der Waals surface area contributed by atoms with Gasteiger partial charge in [-0.2, -0.15) is 0 Å². The fourth-order valence-electron chi connectivity index (χ4n) is 4.15. The molecule has 0 aliphatic heterocycles. The van der Waals surface area contributed by atoms with Crippen LogP contribution in [0.1, 0.15) is 50.5 Å². The van der Waals surface area contributed by atoms with E-state index in [0.29, 0.717) is 11.8 Å². The molecule has 104 valence electrons. The average molecular weight is 262 g/mol. The summed E-state index contributed by atoms with van der Waals surface area (Å²) in [5.74, 6) is 1.21. The summed E-state index contributed by atoms with van der Waals surface area (Å²) in [5, 5.41) is 29.5. The summed E-state index contributed by atoms with van der Waals surface area (Å²) in [4.78, 5) is 0. The predicted octanol–water partition coefficient (Wildman–Crippen LogP) is 3.14. The highest BCUT2D eigenvalue weighted by molar-refractivity contribution is 5.41. The molecule has 3 N–H and O–H groups in total. The minimum Gasteiger partial charge on any atom is -0.508 e. The van der Waals surface area contributed by atoms with Crippen molar-refractivity contribution in [3.05, 3.63) is 23.8 Å². The van der Waals surface area contributed by atoms with E-state index in [2.05, 4.69) is 6.92 Å². The Labute approximate surface area is 113 Å². The van der Waals surface area contributed by atoms with Crippen molar-refractivity contribution in [2.24, 2.45) is 11.3 Å². The molecule has 0 saturated heterocycles. The summed E-state index contributed by atoms with van der Waals surface area (Å²) in [6, 6.07) is 4.91. The molecule has 0 radical (unpaired) electrons. The third kappa shape index (κ3) is 2.00. The Morgan fingerprint density at radius 3 is 2.68 bits per heavy atom. The maximum Gasteiger partial charge on any atom is 0.122 e. The van der Waals surface area contributed by atoms with E-state index in [1.165, 1.54) is 6.07 Å². The van der Waals surface area contributed by atoms with Crippen molar-refractivity contribution >= 4 is 0 Å². The molecule has 1 aromatic carbocycles. The Balaban J connectivity index is 1.82. The van der Waals surface area contributed by atoms with Crippen molar-refractivity contribution < 1.29 is 15.3 Å². The van der Waals surface area contributed by atoms with Crippen LogP contribution in [0.3, 0.4) is 0 Å². The van der Waals surface area contributed by atoms with Gasteiger partial charge in [-0.3, -0.25) is 0 Å². The van der Waals surface area contributed by atoms with E-state index in [0.717, 1.165) is 37.7 Å². The second kappa shape index (κ2) is 4.41. The zero-order valence-electron chi connectivity index (χ0n) is 11.3. The van der Waals surface area contributed by atoms with Gasteiger partial charge in [0, 0.05) is 6.07 Å². The van der Waals surface area contributed by atoms with Gasteiger partial charge in [0.1, 0.15) is 11.5 Å². The molecule has 0 heterocycles. The minimum absolute atomic E-state index is 0.0725. The second-order valence-corrected chi connectivity index (χ2v) is 6.51. The Bertz CT molecular complexity index is 485. The summed E-state index contributed by atoms with van der Waals surface area (Å²) < 4.78 is 0. The van der Waals surface area contributed by atoms with Crippen LogP contribution in [0.4, 0.5) is 0 Å². The molecule has 3 heteroatoms. The Kier molecular flexibility index (Phi) is 2.97. The molecule has 0 bridgehead atoms. The van der Waals surface area contributed by atoms with Crippen molar-refractivity contribution in [3.8, 4) is 11.5 Å². The molecular formula is C16H22O3. The summed E-state index contributed by atoms with van der Waals surface area (Å²) >= 11 is 0. The minimum atomic E-state index is -0.160. The lowest BCUT2D eigenvalue weighted by Crippen LogP contribution is -2.36. The monoisotopic (exact) mass is 262 g/mol. The van der Waals surface area contributed by atoms with Crippen LogP contribution < -0.4 is 0 Å². The highest BCUT2D eigenvalue weighted by Crippen LogP contribution is 2.56. The van der Waals surface area contributed by atoms with E-state index in [4.69, 9.17) is 0 Å². The zero-order chi connectivity index (χ0) is 13.6. The second-order valence-electron chi connectivity index (χ2n) is 6.51. The Hall–Kier alpha value is -1.22. The van der Waals surface area contributed by atoms with Gasteiger partial charge in [-0.1, -0.05) is 13.0 Å². The van der Waals surface area contributed by atoms with E-state index < -0.39 is 0 Å². The molecule has 2 fully saturated rings. The molecule has 0 amide bonds. The van der Waals surface area contributed by atoms with Gasteiger partial charge in [0.25, 0.3) is 0 Å². The normalized spacial score (nSPS) is 38.1. The van der Waals surface area contributed by atoms with Gasteiger partial charge in [0.15, 0.2) is 0 Å². The molecule has 0 unspecified atom stereocenters. The van der Waals surface area contributed by atoms with Crippen LogP contribution in [-0.4, -0.2) is 21.4 Å². The highest BCUT2D eigenvalue weighted by Gasteiger charge is 2.49. The topological polar surface area (TPSA) is 60.7 Å². The quantitative estimate of drug-likeness (QED) is 0.728. The molecular weight excluding hydrogens is 240 g/mol. The maximum absolute atomic E-state index is 10.1. The molecule has 2 aliphatic rings. The first-order valence-electron chi connectivity index (χ1n) is 7.20. The van der Waals surface area contributed by atoms with Gasteiger partial charge in [-0.05, 0) is 61.0 Å². The fraction of sp³-hybridized carbons (Fsp3) is 0.625. The number of aliphatic hydroxyl groups excluding tert-OH is 1. The third-order valence-corrected chi connectivity index (χ3v) is 5.54. The van der Waals surface area contributed by atoms with Crippen LogP contribution >= 0.6 is 0 Å². The fourth-order valence-corrected chi connectivity index (χ4v) is 4.15. The SMILES string of the molecule is C[C@]12CC[C@H](c3ccc(O)cc3O)C[C@@H]1CC[C@@H]2O. The molecule has 3 nitrogen and oxygen atoms in total. The van der Waals surface area contributed by atoms with E-state index in [-0.39, 0.29) is 23.0 Å². The molecule has 1 aromatic rings. The van der Waals surface area contributed by atoms with E-state index in [1.807, 2.05) is 6.07 Å². The first-order valence-corrected chi connectivity index (χ1v) is 7.20. The van der Waals surface area contributed by atoms with Crippen LogP contribution in [-0.2, 0) is 0 Å². The lowest BCUT2D eigenvalue weighted by Gasteiger charge is -2.42. The van der Waals surface area contributed by atoms with Gasteiger partial charge in [0.2, 0.25) is 0 Å². The van der Waals surface area contributed by atoms with Crippen molar-refractivity contribution in [1.29, 1.82) is 0 Å². The number of rotatable bonds is 1. The number of aliphatic hydroxyl groups is 1. The van der Waals surface area contributed by atoms with Crippen LogP contribution in [0.25, 0.3) is 0 Å². The van der Waals surface area contributed by atoms with Gasteiger partial charge in [-0.15, -0.1) is 0 Å². The van der Waals surface area contributed by atoms with Gasteiger partial charge in [-0.25, -0.2) is 0 Å². The number of benzene rings is 1. The summed E-state index contributed by atoms with van der Waals surface area (Å²) in [5.41, 5.74) is 1.02. The first kappa shape index (κ1) is 12.8. The Morgan fingerprint density at radius 1 is 1.16 bits per heavy atom. The van der Waals surface area contributed by atoms with Crippen LogP contribution in [0.5, 0.6) is 11.5 Å². The van der Waals surface area contributed by atoms with E-state index in [1.54, 1.807) is 6.07 Å². The smallest absolute Gasteiger partial charge is 0.122 e. The lowest BCUT2D eigenvalue weighted by atomic mass is 9.64. The maximum atomic E-state index is 10.1. The van der Waals surface area contributed by atoms with Crippen LogP contribution in [0.15, 0.2) is 18.2 Å². The van der Waals surface area contributed by atoms with Crippen molar-refractivity contribution in [2.45, 2.75) is 51.0 Å². The molecule has 2 aliphatic carbocycles. The number of hydrogen-bond donors (Lipinski definition) is 3. The van der Waals surface area contributed by atoms with Crippen molar-refractivity contribution in [2.75, 3.05) is 0 Å². The number of phenolic OH excluding ortho intramolecular Hbond substituents is 2. The van der Waals surface area contributed by atoms with Gasteiger partial charge >= 0.3 is 0 Å². The largest absolute Gasteiger partial charge is 0.508 e. The van der Waals surface area contributed by atoms with Gasteiger partial charge in [0.05, 0.1) is 6.10 Å². The molecule has 3 rings (SSSR count). The highest BCUT2D eigenvalue weighted by atomic mass is 16.3. The van der Waals surface area contributed by atoms with E-state index in [9.17, 15) is 15.3 Å². The molecule has 19 heavy (non-hydrogen) atoms. The van der Waals surface area contributed by atoms with Crippen molar-refractivity contribution in [3.63, 3.8) is 0 Å². The van der Waals surface area contributed by atoms with Crippen LogP contribution in [0.2, 0.25) is 0 Å². The number of phenols is 2. The number of aromatic hydroxyl groups is 2. The van der Waals surface area contributed by atoms with E-state index >= 15 is 0 Å². The molecule has 4 atom stereocenters. The van der Waals surface area contributed by atoms with Crippen LogP contribution in [0, 0.1) is 11.3 Å².